The lowest BCUT2D eigenvalue weighted by molar-refractivity contribution is -0.150. The minimum atomic E-state index is -3.44. The molecule has 3 aliphatic rings. The van der Waals surface area contributed by atoms with Crippen LogP contribution in [0.2, 0.25) is 18.6 Å². The van der Waals surface area contributed by atoms with Crippen molar-refractivity contribution in [2.75, 3.05) is 18.1 Å². The van der Waals surface area contributed by atoms with E-state index in [4.69, 9.17) is 4.74 Å². The Kier molecular flexibility index (Phi) is 7.53. The molecule has 0 saturated carbocycles. The highest BCUT2D eigenvalue weighted by atomic mass is 28.4. The van der Waals surface area contributed by atoms with Gasteiger partial charge in [0.05, 0.1) is 54.0 Å². The van der Waals surface area contributed by atoms with E-state index >= 15 is 4.11 Å². The number of ether oxygens (including phenoxy) is 1. The first kappa shape index (κ1) is 30.6. The van der Waals surface area contributed by atoms with Crippen molar-refractivity contribution >= 4 is 36.8 Å². The molecule has 3 aromatic carbocycles. The van der Waals surface area contributed by atoms with Crippen LogP contribution >= 0.6 is 0 Å². The van der Waals surface area contributed by atoms with Gasteiger partial charge in [0.15, 0.2) is 5.60 Å². The lowest BCUT2D eigenvalue weighted by Crippen LogP contribution is -2.45. The Morgan fingerprint density at radius 2 is 1.85 bits per heavy atom. The van der Waals surface area contributed by atoms with Gasteiger partial charge in [0.1, 0.15) is 0 Å². The van der Waals surface area contributed by atoms with Gasteiger partial charge in [0, 0.05) is 23.6 Å². The first-order valence-electron chi connectivity index (χ1n) is 16.0. The summed E-state index contributed by atoms with van der Waals surface area (Å²) < 4.78 is 24.5. The Bertz CT molecular complexity index is 1880. The number of H-pyrrole nitrogens is 1. The van der Waals surface area contributed by atoms with Crippen molar-refractivity contribution in [1.82, 2.24) is 14.7 Å². The molecule has 46 heavy (non-hydrogen) atoms. The van der Waals surface area contributed by atoms with E-state index < -0.39 is 31.6 Å². The number of aliphatic hydroxyl groups is 1. The van der Waals surface area contributed by atoms with Crippen LogP contribution in [-0.2, 0) is 26.5 Å². The molecule has 7 rings (SSSR count). The Morgan fingerprint density at radius 1 is 1.09 bits per heavy atom. The summed E-state index contributed by atoms with van der Waals surface area (Å²) in [6.45, 7) is 5.80. The van der Waals surface area contributed by atoms with E-state index in [-0.39, 0.29) is 43.0 Å². The summed E-state index contributed by atoms with van der Waals surface area (Å²) in [7, 11) is -3.44. The minimum Gasteiger partial charge on any atom is -0.394 e. The van der Waals surface area contributed by atoms with Crippen molar-refractivity contribution in [2.24, 2.45) is 5.92 Å². The number of halogens is 1. The number of benzene rings is 3. The largest absolute Gasteiger partial charge is 0.394 e. The molecule has 4 heterocycles. The van der Waals surface area contributed by atoms with Gasteiger partial charge in [0.2, 0.25) is 14.3 Å². The van der Waals surface area contributed by atoms with Gasteiger partial charge in [0.25, 0.3) is 11.5 Å². The maximum absolute atomic E-state index is 16.2. The number of amides is 2. The molecule has 2 amide bonds. The average molecular weight is 643 g/mol. The zero-order chi connectivity index (χ0) is 32.4. The molecule has 2 saturated heterocycles. The predicted octanol–water partition coefficient (Wildman–Crippen LogP) is 5.01. The van der Waals surface area contributed by atoms with Crippen LogP contribution in [0, 0.1) is 5.92 Å². The quantitative estimate of drug-likeness (QED) is 0.218. The topological polar surface area (TPSA) is 108 Å². The Balaban J connectivity index is 1.22. The van der Waals surface area contributed by atoms with Crippen LogP contribution in [0.15, 0.2) is 77.6 Å². The van der Waals surface area contributed by atoms with E-state index in [1.807, 2.05) is 73.7 Å². The third-order valence-electron chi connectivity index (χ3n) is 10.3. The van der Waals surface area contributed by atoms with Gasteiger partial charge >= 0.3 is 0 Å². The number of rotatable bonds is 7. The molecule has 0 radical (unpaired) electrons. The van der Waals surface area contributed by atoms with Crippen molar-refractivity contribution in [3.8, 4) is 5.69 Å². The van der Waals surface area contributed by atoms with E-state index in [2.05, 4.69) is 5.10 Å². The number of hydrogen-bond acceptors (Lipinski definition) is 5. The van der Waals surface area contributed by atoms with E-state index in [1.54, 1.807) is 29.0 Å². The maximum Gasteiger partial charge on any atom is 0.279 e. The molecule has 1 aromatic heterocycles. The highest BCUT2D eigenvalue weighted by Gasteiger charge is 2.67. The highest BCUT2D eigenvalue weighted by Crippen LogP contribution is 2.60. The van der Waals surface area contributed by atoms with E-state index in [0.717, 1.165) is 23.9 Å². The number of carbonyl (C=O) groups is 2. The van der Waals surface area contributed by atoms with Gasteiger partial charge in [-0.2, -0.15) is 0 Å². The molecule has 11 heteroatoms. The summed E-state index contributed by atoms with van der Waals surface area (Å²) in [6.07, 6.45) is 0.734. The third-order valence-corrected chi connectivity index (χ3v) is 12.7. The maximum atomic E-state index is 16.2. The first-order chi connectivity index (χ1) is 22.0. The Labute approximate surface area is 267 Å². The first-order valence-corrected chi connectivity index (χ1v) is 19.0. The fourth-order valence-electron chi connectivity index (χ4n) is 8.22. The molecule has 0 aliphatic carbocycles. The van der Waals surface area contributed by atoms with Crippen LogP contribution in [0.1, 0.15) is 37.3 Å². The number of hydrogen-bond donors (Lipinski definition) is 2. The molecule has 9 nitrogen and oxygen atoms in total. The number of nitrogens with one attached hydrogen (secondary N) is 1. The summed E-state index contributed by atoms with van der Waals surface area (Å²) in [5, 5.41) is 13.6. The monoisotopic (exact) mass is 642 g/mol. The number of likely N-dealkylation sites (tertiary alicyclic amines) is 1. The summed E-state index contributed by atoms with van der Waals surface area (Å²) in [4.78, 5) is 44.7. The molecular formula is C35H39FN4O5Si. The second kappa shape index (κ2) is 11.3. The number of fused-ring (bicyclic) bond motifs is 3. The van der Waals surface area contributed by atoms with Crippen molar-refractivity contribution in [1.29, 1.82) is 0 Å². The van der Waals surface area contributed by atoms with Gasteiger partial charge in [-0.15, -0.1) is 0 Å². The van der Waals surface area contributed by atoms with Crippen LogP contribution in [0.25, 0.3) is 16.6 Å². The zero-order valence-electron chi connectivity index (χ0n) is 26.3. The van der Waals surface area contributed by atoms with Gasteiger partial charge in [-0.3, -0.25) is 19.5 Å². The van der Waals surface area contributed by atoms with Crippen LogP contribution < -0.4 is 10.5 Å². The van der Waals surface area contributed by atoms with Gasteiger partial charge in [-0.1, -0.05) is 49.4 Å². The normalized spacial score (nSPS) is 26.1. The minimum absolute atomic E-state index is 0.0374. The lowest BCUT2D eigenvalue weighted by atomic mass is 9.82. The molecule has 5 atom stereocenters. The SMILES string of the molecule is C[C@H]1[C@H]([Si](C)(C)F)[C@@H](CC(=O)N2CCC[C@H]2CO)O[C@]12C(=O)N(Cc1cccc(-n3[nH]c4ccccc4c3=O)c1)c1ccccc12. The molecule has 240 valence electrons. The summed E-state index contributed by atoms with van der Waals surface area (Å²) in [6, 6.07) is 22.1. The molecule has 4 aromatic rings. The molecule has 0 bridgehead atoms. The number of anilines is 1. The number of nitrogens with zero attached hydrogens (tertiary/aromatic N) is 3. The van der Waals surface area contributed by atoms with Crippen molar-refractivity contribution < 1.29 is 23.5 Å². The molecule has 3 aliphatic heterocycles. The van der Waals surface area contributed by atoms with Crippen LogP contribution in [-0.4, -0.2) is 65.3 Å². The van der Waals surface area contributed by atoms with Gasteiger partial charge in [-0.05, 0) is 61.8 Å². The molecule has 2 fully saturated rings. The number of para-hydroxylation sites is 2. The summed E-state index contributed by atoms with van der Waals surface area (Å²) in [5.74, 6) is -0.963. The number of carbonyl (C=O) groups excluding carboxylic acids is 2. The van der Waals surface area contributed by atoms with Crippen molar-refractivity contribution in [3.05, 3.63) is 94.3 Å². The average Bonchev–Trinajstić information content (AvgIpc) is 3.78. The van der Waals surface area contributed by atoms with Crippen LogP contribution in [0.5, 0.6) is 0 Å². The fraction of sp³-hybridized carbons (Fsp3) is 0.400. The Hall–Kier alpha value is -4.06. The number of aliphatic hydroxyl groups excluding tert-OH is 1. The van der Waals surface area contributed by atoms with E-state index in [0.29, 0.717) is 28.9 Å². The second-order valence-corrected chi connectivity index (χ2v) is 17.2. The predicted molar refractivity (Wildman–Crippen MR) is 176 cm³/mol. The highest BCUT2D eigenvalue weighted by molar-refractivity contribution is 6.72. The van der Waals surface area contributed by atoms with Gasteiger partial charge < -0.3 is 23.8 Å². The van der Waals surface area contributed by atoms with Crippen molar-refractivity contribution in [3.63, 3.8) is 0 Å². The van der Waals surface area contributed by atoms with Crippen LogP contribution in [0.4, 0.5) is 9.80 Å². The smallest absolute Gasteiger partial charge is 0.279 e. The van der Waals surface area contributed by atoms with E-state index in [1.165, 1.54) is 4.68 Å². The molecule has 1 spiro atoms. The summed E-state index contributed by atoms with van der Waals surface area (Å²) in [5.41, 5.74) is 1.36. The number of aromatic amines is 1. The second-order valence-electron chi connectivity index (χ2n) is 13.4. The summed E-state index contributed by atoms with van der Waals surface area (Å²) >= 11 is 0. The third kappa shape index (κ3) is 4.75. The Morgan fingerprint density at radius 3 is 2.61 bits per heavy atom. The number of aromatic nitrogens is 2. The van der Waals surface area contributed by atoms with Gasteiger partial charge in [-0.25, -0.2) is 4.68 Å². The van der Waals surface area contributed by atoms with E-state index in [9.17, 15) is 19.5 Å². The molecular weight excluding hydrogens is 603 g/mol. The molecule has 2 N–H and O–H groups in total. The zero-order valence-corrected chi connectivity index (χ0v) is 27.3. The lowest BCUT2D eigenvalue weighted by Gasteiger charge is -2.31. The van der Waals surface area contributed by atoms with Crippen molar-refractivity contribution in [2.45, 2.75) is 69.1 Å². The molecule has 0 unspecified atom stereocenters. The van der Waals surface area contributed by atoms with Crippen LogP contribution in [0.3, 0.4) is 0 Å². The standard InChI is InChI=1S/C35H39FN4O5Si/c1-22-32(46(2,3)36)30(19-31(42)38-17-9-12-25(38)21-41)45-35(22)27-14-5-7-16-29(27)39(34(35)44)20-23-10-8-11-24(18-23)40-33(43)26-13-4-6-15-28(26)37-40/h4-8,10-11,13-16,18,22,25,30,32,37,41H,9,12,17,19-21H2,1-3H3/t22-,25-,30+,32-,35+/m0/s1. The fourth-order valence-corrected chi connectivity index (χ4v) is 10.7.